The van der Waals surface area contributed by atoms with Crippen LogP contribution in [-0.4, -0.2) is 36.6 Å². The van der Waals surface area contributed by atoms with Crippen molar-refractivity contribution in [3.63, 3.8) is 0 Å². The minimum absolute atomic E-state index is 0.365. The van der Waals surface area contributed by atoms with Gasteiger partial charge < -0.3 is 15.0 Å². The van der Waals surface area contributed by atoms with Crippen molar-refractivity contribution in [1.29, 1.82) is 0 Å². The van der Waals surface area contributed by atoms with Gasteiger partial charge in [0.25, 0.3) is 0 Å². The second-order valence-electron chi connectivity index (χ2n) is 5.21. The maximum atomic E-state index is 11.6. The standard InChI is InChI=1S/C17H22N4O2/c1-4-5-11-21(2)17-18-10-9-15(20-17)19-14-8-6-7-13(12-14)16(22)23-3/h6-10,12H,4-5,11H2,1-3H3,(H,18,19,20). The number of unbranched alkanes of at least 4 members (excludes halogenated alkanes) is 1. The quantitative estimate of drug-likeness (QED) is 0.791. The molecule has 23 heavy (non-hydrogen) atoms. The number of ether oxygens (including phenoxy) is 1. The summed E-state index contributed by atoms with van der Waals surface area (Å²) >= 11 is 0. The number of nitrogens with one attached hydrogen (secondary N) is 1. The van der Waals surface area contributed by atoms with Crippen LogP contribution < -0.4 is 10.2 Å². The first kappa shape index (κ1) is 16.7. The molecular weight excluding hydrogens is 292 g/mol. The first-order valence-electron chi connectivity index (χ1n) is 7.63. The van der Waals surface area contributed by atoms with E-state index in [9.17, 15) is 4.79 Å². The molecule has 0 fully saturated rings. The van der Waals surface area contributed by atoms with E-state index in [4.69, 9.17) is 4.74 Å². The zero-order chi connectivity index (χ0) is 16.7. The van der Waals surface area contributed by atoms with Crippen LogP contribution in [0.5, 0.6) is 0 Å². The van der Waals surface area contributed by atoms with E-state index in [0.717, 1.165) is 25.1 Å². The minimum atomic E-state index is -0.365. The predicted octanol–water partition coefficient (Wildman–Crippen LogP) is 3.24. The van der Waals surface area contributed by atoms with Crippen molar-refractivity contribution in [2.75, 3.05) is 30.9 Å². The van der Waals surface area contributed by atoms with E-state index in [-0.39, 0.29) is 5.97 Å². The third-order valence-corrected chi connectivity index (χ3v) is 3.39. The number of benzene rings is 1. The first-order chi connectivity index (χ1) is 11.1. The predicted molar refractivity (Wildman–Crippen MR) is 91.3 cm³/mol. The van der Waals surface area contributed by atoms with Crippen LogP contribution in [-0.2, 0) is 4.74 Å². The number of hydrogen-bond acceptors (Lipinski definition) is 6. The van der Waals surface area contributed by atoms with Crippen molar-refractivity contribution in [3.05, 3.63) is 42.1 Å². The van der Waals surface area contributed by atoms with Crippen LogP contribution in [0.2, 0.25) is 0 Å². The number of rotatable bonds is 7. The molecule has 1 N–H and O–H groups in total. The van der Waals surface area contributed by atoms with Crippen LogP contribution >= 0.6 is 0 Å². The zero-order valence-electron chi connectivity index (χ0n) is 13.7. The van der Waals surface area contributed by atoms with E-state index in [1.165, 1.54) is 7.11 Å². The largest absolute Gasteiger partial charge is 0.465 e. The van der Waals surface area contributed by atoms with Crippen molar-refractivity contribution < 1.29 is 9.53 Å². The van der Waals surface area contributed by atoms with Gasteiger partial charge in [-0.2, -0.15) is 4.98 Å². The molecule has 1 aromatic carbocycles. The number of hydrogen-bond donors (Lipinski definition) is 1. The molecule has 0 aliphatic heterocycles. The van der Waals surface area contributed by atoms with E-state index in [1.807, 2.05) is 18.0 Å². The number of aromatic nitrogens is 2. The van der Waals surface area contributed by atoms with Crippen molar-refractivity contribution in [1.82, 2.24) is 9.97 Å². The Balaban J connectivity index is 2.13. The lowest BCUT2D eigenvalue weighted by atomic mass is 10.2. The van der Waals surface area contributed by atoms with Crippen LogP contribution in [0.1, 0.15) is 30.1 Å². The first-order valence-corrected chi connectivity index (χ1v) is 7.63. The summed E-state index contributed by atoms with van der Waals surface area (Å²) < 4.78 is 4.73. The third-order valence-electron chi connectivity index (χ3n) is 3.39. The lowest BCUT2D eigenvalue weighted by molar-refractivity contribution is 0.0601. The van der Waals surface area contributed by atoms with Crippen LogP contribution in [0.25, 0.3) is 0 Å². The third kappa shape index (κ3) is 4.67. The van der Waals surface area contributed by atoms with E-state index in [0.29, 0.717) is 17.3 Å². The van der Waals surface area contributed by atoms with Gasteiger partial charge in [0, 0.05) is 25.5 Å². The Labute approximate surface area is 136 Å². The maximum Gasteiger partial charge on any atom is 0.337 e. The van der Waals surface area contributed by atoms with Gasteiger partial charge in [-0.05, 0) is 30.7 Å². The van der Waals surface area contributed by atoms with E-state index < -0.39 is 0 Å². The Kier molecular flexibility index (Phi) is 5.91. The molecule has 0 spiro atoms. The van der Waals surface area contributed by atoms with Gasteiger partial charge >= 0.3 is 5.97 Å². The average molecular weight is 314 g/mol. The summed E-state index contributed by atoms with van der Waals surface area (Å²) in [6.07, 6.45) is 3.94. The fourth-order valence-corrected chi connectivity index (χ4v) is 2.09. The molecule has 0 radical (unpaired) electrons. The molecule has 0 amide bonds. The van der Waals surface area contributed by atoms with Gasteiger partial charge in [0.05, 0.1) is 12.7 Å². The normalized spacial score (nSPS) is 10.2. The highest BCUT2D eigenvalue weighted by molar-refractivity contribution is 5.90. The highest BCUT2D eigenvalue weighted by Gasteiger charge is 2.08. The molecule has 2 rings (SSSR count). The van der Waals surface area contributed by atoms with Crippen molar-refractivity contribution in [2.45, 2.75) is 19.8 Å². The molecule has 122 valence electrons. The van der Waals surface area contributed by atoms with Gasteiger partial charge in [-0.3, -0.25) is 0 Å². The summed E-state index contributed by atoms with van der Waals surface area (Å²) in [4.78, 5) is 22.4. The smallest absolute Gasteiger partial charge is 0.337 e. The van der Waals surface area contributed by atoms with Gasteiger partial charge in [0.2, 0.25) is 5.95 Å². The Morgan fingerprint density at radius 2 is 2.17 bits per heavy atom. The second-order valence-corrected chi connectivity index (χ2v) is 5.21. The molecule has 0 aliphatic carbocycles. The summed E-state index contributed by atoms with van der Waals surface area (Å²) in [6.45, 7) is 3.07. The summed E-state index contributed by atoms with van der Waals surface area (Å²) in [7, 11) is 3.35. The van der Waals surface area contributed by atoms with Crippen molar-refractivity contribution >= 4 is 23.4 Å². The Bertz CT molecular complexity index is 661. The van der Waals surface area contributed by atoms with Gasteiger partial charge in [0.15, 0.2) is 0 Å². The van der Waals surface area contributed by atoms with Crippen LogP contribution in [0.3, 0.4) is 0 Å². The van der Waals surface area contributed by atoms with Gasteiger partial charge in [0.1, 0.15) is 5.82 Å². The molecule has 0 atom stereocenters. The molecule has 0 saturated carbocycles. The Morgan fingerprint density at radius 1 is 1.35 bits per heavy atom. The molecule has 0 unspecified atom stereocenters. The summed E-state index contributed by atoms with van der Waals surface area (Å²) in [5, 5.41) is 3.19. The minimum Gasteiger partial charge on any atom is -0.465 e. The molecule has 2 aromatic rings. The number of carbonyl (C=O) groups is 1. The SMILES string of the molecule is CCCCN(C)c1nccc(Nc2cccc(C(=O)OC)c2)n1. The average Bonchev–Trinajstić information content (AvgIpc) is 2.59. The zero-order valence-corrected chi connectivity index (χ0v) is 13.7. The maximum absolute atomic E-state index is 11.6. The van der Waals surface area contributed by atoms with Crippen LogP contribution in [0.15, 0.2) is 36.5 Å². The van der Waals surface area contributed by atoms with Crippen molar-refractivity contribution in [2.24, 2.45) is 0 Å². The molecule has 0 saturated heterocycles. The fourth-order valence-electron chi connectivity index (χ4n) is 2.09. The molecular formula is C17H22N4O2. The van der Waals surface area contributed by atoms with Crippen LogP contribution in [0, 0.1) is 0 Å². The van der Waals surface area contributed by atoms with E-state index in [2.05, 4.69) is 22.2 Å². The number of carbonyl (C=O) groups excluding carboxylic acids is 1. The van der Waals surface area contributed by atoms with Crippen LogP contribution in [0.4, 0.5) is 17.5 Å². The van der Waals surface area contributed by atoms with E-state index >= 15 is 0 Å². The Morgan fingerprint density at radius 3 is 2.91 bits per heavy atom. The molecule has 1 aromatic heterocycles. The number of esters is 1. The van der Waals surface area contributed by atoms with Crippen molar-refractivity contribution in [3.8, 4) is 0 Å². The molecule has 0 bridgehead atoms. The number of methoxy groups -OCH3 is 1. The highest BCUT2D eigenvalue weighted by Crippen LogP contribution is 2.18. The lowest BCUT2D eigenvalue weighted by Gasteiger charge is -2.17. The molecule has 0 aliphatic rings. The highest BCUT2D eigenvalue weighted by atomic mass is 16.5. The monoisotopic (exact) mass is 314 g/mol. The number of nitrogens with zero attached hydrogens (tertiary/aromatic N) is 3. The molecule has 6 nitrogen and oxygen atoms in total. The fraction of sp³-hybridized carbons (Fsp3) is 0.353. The second kappa shape index (κ2) is 8.12. The van der Waals surface area contributed by atoms with Gasteiger partial charge in [-0.25, -0.2) is 9.78 Å². The van der Waals surface area contributed by atoms with E-state index in [1.54, 1.807) is 30.5 Å². The summed E-state index contributed by atoms with van der Waals surface area (Å²) in [5.41, 5.74) is 1.26. The Hall–Kier alpha value is -2.63. The van der Waals surface area contributed by atoms with Gasteiger partial charge in [-0.15, -0.1) is 0 Å². The molecule has 6 heteroatoms. The summed E-state index contributed by atoms with van der Waals surface area (Å²) in [5.74, 6) is 0.990. The van der Waals surface area contributed by atoms with Gasteiger partial charge in [-0.1, -0.05) is 19.4 Å². The summed E-state index contributed by atoms with van der Waals surface area (Å²) in [6, 6.07) is 8.90. The molecule has 1 heterocycles. The lowest BCUT2D eigenvalue weighted by Crippen LogP contribution is -2.21. The topological polar surface area (TPSA) is 67.4 Å². The number of anilines is 3.